The van der Waals surface area contributed by atoms with Crippen molar-refractivity contribution in [3.63, 3.8) is 0 Å². The Morgan fingerprint density at radius 3 is 2.84 bits per heavy atom. The Bertz CT molecular complexity index is 746. The molecule has 1 aromatic heterocycles. The molecular weight excluding hydrogens is 319 g/mol. The van der Waals surface area contributed by atoms with Crippen molar-refractivity contribution in [1.29, 1.82) is 0 Å². The zero-order valence-electron chi connectivity index (χ0n) is 14.0. The van der Waals surface area contributed by atoms with Crippen LogP contribution in [0, 0.1) is 11.7 Å². The number of amides is 1. The normalized spacial score (nSPS) is 24.9. The Morgan fingerprint density at radius 2 is 2.12 bits per heavy atom. The molecule has 1 aromatic carbocycles. The summed E-state index contributed by atoms with van der Waals surface area (Å²) in [4.78, 5) is 19.0. The average molecular weight is 340 g/mol. The van der Waals surface area contributed by atoms with Crippen molar-refractivity contribution in [2.24, 2.45) is 5.92 Å². The molecule has 1 aliphatic heterocycles. The number of nitrogens with zero attached hydrogens (tertiary/aromatic N) is 2. The van der Waals surface area contributed by atoms with E-state index in [2.05, 4.69) is 4.98 Å². The molecule has 2 aliphatic rings. The van der Waals surface area contributed by atoms with Gasteiger partial charge in [0.2, 0.25) is 5.91 Å². The van der Waals surface area contributed by atoms with Crippen molar-refractivity contribution in [2.45, 2.75) is 31.3 Å². The first-order chi connectivity index (χ1) is 12.2. The van der Waals surface area contributed by atoms with Gasteiger partial charge < -0.3 is 9.64 Å². The Labute approximate surface area is 146 Å². The molecule has 0 radical (unpaired) electrons. The molecule has 1 amide bonds. The number of carbonyl (C=O) groups is 1. The number of pyridine rings is 1. The quantitative estimate of drug-likeness (QED) is 0.836. The zero-order valence-corrected chi connectivity index (χ0v) is 14.0. The molecule has 4 nitrogen and oxygen atoms in total. The van der Waals surface area contributed by atoms with Crippen LogP contribution in [0.5, 0.6) is 0 Å². The van der Waals surface area contributed by atoms with Gasteiger partial charge in [-0.05, 0) is 55.0 Å². The minimum atomic E-state index is -0.249. The monoisotopic (exact) mass is 340 g/mol. The molecule has 130 valence electrons. The van der Waals surface area contributed by atoms with Crippen LogP contribution in [0.15, 0.2) is 48.8 Å². The molecule has 2 heterocycles. The Morgan fingerprint density at radius 1 is 1.28 bits per heavy atom. The van der Waals surface area contributed by atoms with Gasteiger partial charge in [0, 0.05) is 30.6 Å². The first-order valence-corrected chi connectivity index (χ1v) is 8.81. The van der Waals surface area contributed by atoms with E-state index >= 15 is 0 Å². The van der Waals surface area contributed by atoms with E-state index in [-0.39, 0.29) is 29.7 Å². The van der Waals surface area contributed by atoms with Crippen molar-refractivity contribution in [1.82, 2.24) is 4.98 Å². The summed E-state index contributed by atoms with van der Waals surface area (Å²) < 4.78 is 19.2. The fourth-order valence-electron chi connectivity index (χ4n) is 3.61. The molecule has 5 heteroatoms. The summed E-state index contributed by atoms with van der Waals surface area (Å²) in [6.45, 7) is 1.33. The minimum absolute atomic E-state index is 0.0866. The van der Waals surface area contributed by atoms with Crippen molar-refractivity contribution in [3.05, 3.63) is 60.2 Å². The van der Waals surface area contributed by atoms with Gasteiger partial charge in [0.05, 0.1) is 12.6 Å². The number of carbonyl (C=O) groups excluding carboxylic acids is 1. The lowest BCUT2D eigenvalue weighted by Crippen LogP contribution is -2.38. The second-order valence-electron chi connectivity index (χ2n) is 6.79. The summed E-state index contributed by atoms with van der Waals surface area (Å²) in [5, 5.41) is 0. The van der Waals surface area contributed by atoms with Crippen molar-refractivity contribution < 1.29 is 13.9 Å². The van der Waals surface area contributed by atoms with Crippen molar-refractivity contribution in [2.75, 3.05) is 18.1 Å². The van der Waals surface area contributed by atoms with Crippen LogP contribution in [0.2, 0.25) is 0 Å². The van der Waals surface area contributed by atoms with E-state index in [4.69, 9.17) is 4.74 Å². The molecule has 2 fully saturated rings. The van der Waals surface area contributed by atoms with Crippen LogP contribution in [-0.2, 0) is 9.53 Å². The van der Waals surface area contributed by atoms with Crippen molar-refractivity contribution >= 4 is 11.6 Å². The summed E-state index contributed by atoms with van der Waals surface area (Å²) in [5.74, 6) is -0.134. The summed E-state index contributed by atoms with van der Waals surface area (Å²) in [6.07, 6.45) is 6.27. The van der Waals surface area contributed by atoms with Gasteiger partial charge >= 0.3 is 0 Å². The Hall–Kier alpha value is -2.27. The van der Waals surface area contributed by atoms with Gasteiger partial charge in [0.15, 0.2) is 0 Å². The number of halogens is 1. The maximum Gasteiger partial charge on any atom is 0.230 e. The smallest absolute Gasteiger partial charge is 0.230 e. The first-order valence-electron chi connectivity index (χ1n) is 8.81. The molecule has 0 bridgehead atoms. The second kappa shape index (κ2) is 6.92. The van der Waals surface area contributed by atoms with Crippen LogP contribution >= 0.6 is 0 Å². The topological polar surface area (TPSA) is 42.4 Å². The molecule has 1 aliphatic carbocycles. The molecule has 25 heavy (non-hydrogen) atoms. The number of benzene rings is 1. The Balaban J connectivity index is 1.52. The number of anilines is 1. The van der Waals surface area contributed by atoms with Crippen LogP contribution in [-0.4, -0.2) is 30.1 Å². The van der Waals surface area contributed by atoms with Crippen LogP contribution in [0.4, 0.5) is 10.1 Å². The largest absolute Gasteiger partial charge is 0.376 e. The zero-order chi connectivity index (χ0) is 17.2. The number of hydrogen-bond donors (Lipinski definition) is 0. The SMILES string of the molecule is O=C(C1CC1c1cccc(F)c1)N(CC1CCCO1)c1ccncc1. The fraction of sp³-hybridized carbons (Fsp3) is 0.400. The van der Waals surface area contributed by atoms with Crippen LogP contribution in [0.25, 0.3) is 0 Å². The van der Waals surface area contributed by atoms with Gasteiger partial charge in [-0.1, -0.05) is 12.1 Å². The molecule has 1 saturated heterocycles. The highest BCUT2D eigenvalue weighted by atomic mass is 19.1. The van der Waals surface area contributed by atoms with Gasteiger partial charge in [-0.25, -0.2) is 4.39 Å². The second-order valence-corrected chi connectivity index (χ2v) is 6.79. The maximum absolute atomic E-state index is 13.5. The summed E-state index contributed by atoms with van der Waals surface area (Å²) in [7, 11) is 0. The fourth-order valence-corrected chi connectivity index (χ4v) is 3.61. The summed E-state index contributed by atoms with van der Waals surface area (Å²) in [6, 6.07) is 10.3. The van der Waals surface area contributed by atoms with Gasteiger partial charge in [0.1, 0.15) is 5.82 Å². The highest BCUT2D eigenvalue weighted by Gasteiger charge is 2.46. The van der Waals surface area contributed by atoms with Crippen LogP contribution in [0.3, 0.4) is 0 Å². The Kier molecular flexibility index (Phi) is 4.49. The van der Waals surface area contributed by atoms with E-state index in [1.54, 1.807) is 18.5 Å². The van der Waals surface area contributed by atoms with Crippen LogP contribution in [0.1, 0.15) is 30.7 Å². The van der Waals surface area contributed by atoms with Gasteiger partial charge in [-0.3, -0.25) is 9.78 Å². The van der Waals surface area contributed by atoms with Gasteiger partial charge in [-0.2, -0.15) is 0 Å². The first kappa shape index (κ1) is 16.2. The summed E-state index contributed by atoms with van der Waals surface area (Å²) in [5.41, 5.74) is 1.76. The molecule has 0 spiro atoms. The highest BCUT2D eigenvalue weighted by Crippen LogP contribution is 2.49. The lowest BCUT2D eigenvalue weighted by atomic mass is 10.1. The number of aromatic nitrogens is 1. The molecule has 3 atom stereocenters. The maximum atomic E-state index is 13.5. The van der Waals surface area contributed by atoms with E-state index in [9.17, 15) is 9.18 Å². The third-order valence-electron chi connectivity index (χ3n) is 5.04. The van der Waals surface area contributed by atoms with E-state index in [0.29, 0.717) is 6.54 Å². The number of hydrogen-bond acceptors (Lipinski definition) is 3. The van der Waals surface area contributed by atoms with E-state index in [0.717, 1.165) is 37.1 Å². The predicted octanol–water partition coefficient (Wildman–Crippen LogP) is 3.54. The lowest BCUT2D eigenvalue weighted by Gasteiger charge is -2.25. The highest BCUT2D eigenvalue weighted by molar-refractivity contribution is 5.97. The standard InChI is InChI=1S/C20H21FN2O2/c21-15-4-1-3-14(11-15)18-12-19(18)20(24)23(13-17-5-2-10-25-17)16-6-8-22-9-7-16/h1,3-4,6-9,11,17-19H,2,5,10,12-13H2. The number of ether oxygens (including phenoxy) is 1. The predicted molar refractivity (Wildman–Crippen MR) is 92.8 cm³/mol. The minimum Gasteiger partial charge on any atom is -0.376 e. The van der Waals surface area contributed by atoms with Gasteiger partial charge in [0.25, 0.3) is 0 Å². The third-order valence-corrected chi connectivity index (χ3v) is 5.04. The molecule has 4 rings (SSSR count). The molecule has 0 N–H and O–H groups in total. The molecule has 2 aromatic rings. The van der Waals surface area contributed by atoms with E-state index < -0.39 is 0 Å². The van der Waals surface area contributed by atoms with E-state index in [1.807, 2.05) is 23.1 Å². The molecule has 3 unspecified atom stereocenters. The molecular formula is C20H21FN2O2. The molecule has 1 saturated carbocycles. The van der Waals surface area contributed by atoms with E-state index in [1.165, 1.54) is 12.1 Å². The van der Waals surface area contributed by atoms with Crippen molar-refractivity contribution in [3.8, 4) is 0 Å². The van der Waals surface area contributed by atoms with Gasteiger partial charge in [-0.15, -0.1) is 0 Å². The number of rotatable bonds is 5. The third kappa shape index (κ3) is 3.56. The van der Waals surface area contributed by atoms with Crippen LogP contribution < -0.4 is 4.90 Å². The average Bonchev–Trinajstić information content (AvgIpc) is 3.28. The lowest BCUT2D eigenvalue weighted by molar-refractivity contribution is -0.120. The summed E-state index contributed by atoms with van der Waals surface area (Å²) >= 11 is 0.